The van der Waals surface area contributed by atoms with Crippen molar-refractivity contribution >= 4 is 13.8 Å². The maximum absolute atomic E-state index is 10.3. The standard InChI is InChI=1S/C21H31BO4/c22-18-12-11-16-20(24)14-8-5-3-1-2-4-7-13-19(23)15-9-6-10-17-21(25)26/h2-9,11-14,19-20,23-24H,1,10,15-18,22H2,(H,25,26)/b4-2+,5-3+,9-6+,12-11+,13-7+,14-8+. The molecule has 0 aromatic rings. The summed E-state index contributed by atoms with van der Waals surface area (Å²) in [5, 5.41) is 27.9. The highest BCUT2D eigenvalue weighted by atomic mass is 16.4. The molecule has 3 N–H and O–H groups in total. The van der Waals surface area contributed by atoms with E-state index in [-0.39, 0.29) is 6.42 Å². The zero-order chi connectivity index (χ0) is 19.5. The first-order chi connectivity index (χ1) is 12.6. The van der Waals surface area contributed by atoms with E-state index in [1.54, 1.807) is 30.4 Å². The van der Waals surface area contributed by atoms with Gasteiger partial charge in [-0.1, -0.05) is 79.2 Å². The topological polar surface area (TPSA) is 77.8 Å². The summed E-state index contributed by atoms with van der Waals surface area (Å²) in [4.78, 5) is 10.3. The Bertz CT molecular complexity index is 530. The van der Waals surface area contributed by atoms with Crippen LogP contribution in [0.5, 0.6) is 0 Å². The number of hydrogen-bond donors (Lipinski definition) is 3. The van der Waals surface area contributed by atoms with Crippen molar-refractivity contribution in [3.63, 3.8) is 0 Å². The van der Waals surface area contributed by atoms with Crippen molar-refractivity contribution in [3.8, 4) is 0 Å². The van der Waals surface area contributed by atoms with Gasteiger partial charge in [0.25, 0.3) is 0 Å². The van der Waals surface area contributed by atoms with Gasteiger partial charge in [0.05, 0.1) is 12.2 Å². The fraction of sp³-hybridized carbons (Fsp3) is 0.381. The van der Waals surface area contributed by atoms with Gasteiger partial charge in [-0.3, -0.25) is 4.79 Å². The first kappa shape index (κ1) is 23.9. The summed E-state index contributed by atoms with van der Waals surface area (Å²) in [6, 6.07) is 0. The van der Waals surface area contributed by atoms with E-state index in [0.29, 0.717) is 19.3 Å². The van der Waals surface area contributed by atoms with Crippen LogP contribution in [0.25, 0.3) is 0 Å². The summed E-state index contributed by atoms with van der Waals surface area (Å²) < 4.78 is 0. The Labute approximate surface area is 158 Å². The van der Waals surface area contributed by atoms with Gasteiger partial charge in [-0.15, -0.1) is 0 Å². The number of aliphatic hydroxyl groups is 2. The molecule has 0 aromatic carbocycles. The van der Waals surface area contributed by atoms with E-state index < -0.39 is 18.2 Å². The number of hydrogen-bond acceptors (Lipinski definition) is 3. The van der Waals surface area contributed by atoms with Gasteiger partial charge >= 0.3 is 5.97 Å². The molecule has 0 saturated carbocycles. The van der Waals surface area contributed by atoms with E-state index in [4.69, 9.17) is 5.11 Å². The Morgan fingerprint density at radius 1 is 0.808 bits per heavy atom. The number of aliphatic hydroxyl groups excluding tert-OH is 2. The molecule has 0 spiro atoms. The lowest BCUT2D eigenvalue weighted by atomic mass is 10.0. The van der Waals surface area contributed by atoms with Crippen molar-refractivity contribution in [2.75, 3.05) is 0 Å². The molecule has 0 fully saturated rings. The van der Waals surface area contributed by atoms with Gasteiger partial charge in [0.2, 0.25) is 0 Å². The van der Waals surface area contributed by atoms with Crippen LogP contribution in [0.3, 0.4) is 0 Å². The van der Waals surface area contributed by atoms with Crippen LogP contribution >= 0.6 is 0 Å². The quantitative estimate of drug-likeness (QED) is 0.253. The molecule has 0 radical (unpaired) electrons. The molecule has 142 valence electrons. The Morgan fingerprint density at radius 2 is 1.35 bits per heavy atom. The lowest BCUT2D eigenvalue weighted by Gasteiger charge is -1.99. The van der Waals surface area contributed by atoms with Crippen molar-refractivity contribution in [1.29, 1.82) is 0 Å². The molecule has 0 aromatic heterocycles. The first-order valence-electron chi connectivity index (χ1n) is 9.10. The summed E-state index contributed by atoms with van der Waals surface area (Å²) in [5.74, 6) is -0.815. The van der Waals surface area contributed by atoms with E-state index in [9.17, 15) is 15.0 Å². The molecule has 0 aliphatic carbocycles. The van der Waals surface area contributed by atoms with Crippen LogP contribution in [-0.2, 0) is 4.79 Å². The second-order valence-corrected chi connectivity index (χ2v) is 5.75. The van der Waals surface area contributed by atoms with Crippen molar-refractivity contribution in [1.82, 2.24) is 0 Å². The molecule has 0 bridgehead atoms. The third-order valence-corrected chi connectivity index (χ3v) is 3.28. The second kappa shape index (κ2) is 17.7. The van der Waals surface area contributed by atoms with Gasteiger partial charge in [0.15, 0.2) is 0 Å². The summed E-state index contributed by atoms with van der Waals surface area (Å²) in [5.41, 5.74) is 0. The minimum Gasteiger partial charge on any atom is -0.481 e. The van der Waals surface area contributed by atoms with Crippen molar-refractivity contribution in [2.24, 2.45) is 0 Å². The van der Waals surface area contributed by atoms with E-state index in [1.165, 1.54) is 0 Å². The fourth-order valence-electron chi connectivity index (χ4n) is 1.90. The average molecular weight is 358 g/mol. The van der Waals surface area contributed by atoms with Gasteiger partial charge in [-0.05, 0) is 25.7 Å². The Hall–Kier alpha value is -2.11. The molecule has 0 saturated heterocycles. The third kappa shape index (κ3) is 18.2. The smallest absolute Gasteiger partial charge is 0.303 e. The van der Waals surface area contributed by atoms with E-state index >= 15 is 0 Å². The highest BCUT2D eigenvalue weighted by molar-refractivity contribution is 6.09. The summed E-state index contributed by atoms with van der Waals surface area (Å²) in [6.45, 7) is 0. The van der Waals surface area contributed by atoms with Crippen LogP contribution in [-0.4, -0.2) is 41.3 Å². The molecule has 5 heteroatoms. The molecule has 0 heterocycles. The van der Waals surface area contributed by atoms with Crippen molar-refractivity contribution in [2.45, 2.75) is 50.6 Å². The summed E-state index contributed by atoms with van der Waals surface area (Å²) >= 11 is 0. The molecule has 2 unspecified atom stereocenters. The molecular weight excluding hydrogens is 327 g/mol. The molecule has 26 heavy (non-hydrogen) atoms. The minimum absolute atomic E-state index is 0.114. The zero-order valence-corrected chi connectivity index (χ0v) is 15.6. The Kier molecular flexibility index (Phi) is 16.3. The molecule has 4 nitrogen and oxygen atoms in total. The maximum atomic E-state index is 10.3. The molecule has 0 rings (SSSR count). The minimum atomic E-state index is -0.815. The van der Waals surface area contributed by atoms with Crippen LogP contribution < -0.4 is 0 Å². The summed E-state index contributed by atoms with van der Waals surface area (Å²) in [7, 11) is 2.06. The lowest BCUT2D eigenvalue weighted by Crippen LogP contribution is -1.99. The fourth-order valence-corrected chi connectivity index (χ4v) is 1.90. The van der Waals surface area contributed by atoms with Crippen LogP contribution in [0.2, 0.25) is 6.32 Å². The molecule has 2 atom stereocenters. The van der Waals surface area contributed by atoms with Crippen LogP contribution in [0, 0.1) is 0 Å². The maximum Gasteiger partial charge on any atom is 0.303 e. The van der Waals surface area contributed by atoms with E-state index in [0.717, 1.165) is 12.7 Å². The number of allylic oxidation sites excluding steroid dienone is 8. The highest BCUT2D eigenvalue weighted by Gasteiger charge is 1.95. The van der Waals surface area contributed by atoms with Gasteiger partial charge < -0.3 is 15.3 Å². The average Bonchev–Trinajstić information content (AvgIpc) is 2.60. The second-order valence-electron chi connectivity index (χ2n) is 5.75. The van der Waals surface area contributed by atoms with E-state index in [2.05, 4.69) is 7.85 Å². The number of aliphatic carboxylic acids is 1. The number of carboxylic acids is 1. The highest BCUT2D eigenvalue weighted by Crippen LogP contribution is 2.00. The van der Waals surface area contributed by atoms with Gasteiger partial charge in [-0.25, -0.2) is 0 Å². The van der Waals surface area contributed by atoms with E-state index in [1.807, 2.05) is 42.5 Å². The van der Waals surface area contributed by atoms with Gasteiger partial charge in [0.1, 0.15) is 7.85 Å². The van der Waals surface area contributed by atoms with Crippen molar-refractivity contribution in [3.05, 3.63) is 72.9 Å². The monoisotopic (exact) mass is 358 g/mol. The molecular formula is C21H31BO4. The lowest BCUT2D eigenvalue weighted by molar-refractivity contribution is -0.136. The van der Waals surface area contributed by atoms with Crippen LogP contribution in [0.4, 0.5) is 0 Å². The largest absolute Gasteiger partial charge is 0.481 e. The molecule has 0 amide bonds. The predicted molar refractivity (Wildman–Crippen MR) is 111 cm³/mol. The molecule has 0 aliphatic rings. The number of rotatable bonds is 14. The normalized spacial score (nSPS) is 15.5. The third-order valence-electron chi connectivity index (χ3n) is 3.28. The van der Waals surface area contributed by atoms with Gasteiger partial charge in [-0.2, -0.15) is 0 Å². The Balaban J connectivity index is 3.85. The number of carbonyl (C=O) groups is 1. The van der Waals surface area contributed by atoms with Gasteiger partial charge in [0, 0.05) is 6.42 Å². The Morgan fingerprint density at radius 3 is 1.85 bits per heavy atom. The van der Waals surface area contributed by atoms with Crippen LogP contribution in [0.1, 0.15) is 32.1 Å². The summed E-state index contributed by atoms with van der Waals surface area (Å²) in [6.07, 6.45) is 24.9. The zero-order valence-electron chi connectivity index (χ0n) is 15.6. The number of carboxylic acid groups (broad SMARTS) is 1. The van der Waals surface area contributed by atoms with Crippen LogP contribution in [0.15, 0.2) is 72.9 Å². The molecule has 0 aliphatic heterocycles. The first-order valence-corrected chi connectivity index (χ1v) is 9.10. The van der Waals surface area contributed by atoms with Crippen molar-refractivity contribution < 1.29 is 20.1 Å². The predicted octanol–water partition coefficient (Wildman–Crippen LogP) is 3.13. The SMILES string of the molecule is BC/C=C/CC(O)/C=C/C=C/C/C=C/C=C/C(O)C/C=C/CCC(=O)O.